The number of nitrogens with one attached hydrogen (secondary N) is 1. The van der Waals surface area contributed by atoms with Gasteiger partial charge in [0.25, 0.3) is 10.0 Å². The first kappa shape index (κ1) is 14.6. The fourth-order valence-corrected chi connectivity index (χ4v) is 4.79. The van der Waals surface area contributed by atoms with Crippen molar-refractivity contribution in [3.63, 3.8) is 0 Å². The van der Waals surface area contributed by atoms with Crippen LogP contribution in [0.15, 0.2) is 32.9 Å². The lowest BCUT2D eigenvalue weighted by Gasteiger charge is -2.08. The average molecular weight is 382 g/mol. The van der Waals surface area contributed by atoms with Crippen molar-refractivity contribution in [3.05, 3.63) is 38.6 Å². The van der Waals surface area contributed by atoms with E-state index in [-0.39, 0.29) is 4.21 Å². The SMILES string of the molecule is Cc1cc(S(=O)(=O)Nc2ccc(N)cc2Br)sc1Cl. The molecule has 0 atom stereocenters. The van der Waals surface area contributed by atoms with E-state index in [0.29, 0.717) is 20.2 Å². The Kier molecular flexibility index (Phi) is 4.10. The highest BCUT2D eigenvalue weighted by Crippen LogP contribution is 2.33. The van der Waals surface area contributed by atoms with Gasteiger partial charge in [0.05, 0.1) is 10.0 Å². The minimum Gasteiger partial charge on any atom is -0.399 e. The summed E-state index contributed by atoms with van der Waals surface area (Å²) in [7, 11) is -3.64. The molecule has 1 heterocycles. The summed E-state index contributed by atoms with van der Waals surface area (Å²) in [5.41, 5.74) is 7.32. The number of hydrogen-bond acceptors (Lipinski definition) is 4. The Labute approximate surface area is 128 Å². The maximum absolute atomic E-state index is 12.2. The molecule has 3 N–H and O–H groups in total. The first-order valence-electron chi connectivity index (χ1n) is 5.13. The molecule has 0 bridgehead atoms. The molecule has 0 spiro atoms. The number of nitrogen functional groups attached to an aromatic ring is 1. The maximum Gasteiger partial charge on any atom is 0.271 e. The van der Waals surface area contributed by atoms with Crippen LogP contribution >= 0.6 is 38.9 Å². The zero-order valence-corrected chi connectivity index (χ0v) is 13.8. The van der Waals surface area contributed by atoms with Crippen molar-refractivity contribution >= 4 is 60.3 Å². The highest BCUT2D eigenvalue weighted by Gasteiger charge is 2.19. The van der Waals surface area contributed by atoms with Gasteiger partial charge in [0.15, 0.2) is 0 Å². The van der Waals surface area contributed by atoms with Crippen molar-refractivity contribution in [1.82, 2.24) is 0 Å². The van der Waals surface area contributed by atoms with Gasteiger partial charge < -0.3 is 5.73 Å². The molecule has 19 heavy (non-hydrogen) atoms. The molecule has 102 valence electrons. The van der Waals surface area contributed by atoms with Crippen LogP contribution in [0.4, 0.5) is 11.4 Å². The van der Waals surface area contributed by atoms with Gasteiger partial charge >= 0.3 is 0 Å². The van der Waals surface area contributed by atoms with E-state index in [0.717, 1.165) is 16.9 Å². The van der Waals surface area contributed by atoms with Crippen molar-refractivity contribution in [2.45, 2.75) is 11.1 Å². The van der Waals surface area contributed by atoms with Crippen molar-refractivity contribution in [3.8, 4) is 0 Å². The zero-order chi connectivity index (χ0) is 14.2. The second-order valence-corrected chi connectivity index (χ2v) is 8.28. The molecule has 0 saturated carbocycles. The first-order chi connectivity index (χ1) is 8.79. The lowest BCUT2D eigenvalue weighted by Crippen LogP contribution is -2.11. The topological polar surface area (TPSA) is 72.2 Å². The minimum absolute atomic E-state index is 0.179. The maximum atomic E-state index is 12.2. The highest BCUT2D eigenvalue weighted by molar-refractivity contribution is 9.10. The van der Waals surface area contributed by atoms with Crippen molar-refractivity contribution in [2.24, 2.45) is 0 Å². The molecule has 1 aromatic carbocycles. The third-order valence-electron chi connectivity index (χ3n) is 2.34. The number of rotatable bonds is 3. The normalized spacial score (nSPS) is 11.5. The largest absolute Gasteiger partial charge is 0.399 e. The van der Waals surface area contributed by atoms with E-state index < -0.39 is 10.0 Å². The Hall–Kier alpha value is -0.760. The molecule has 0 radical (unpaired) electrons. The summed E-state index contributed by atoms with van der Waals surface area (Å²) in [6.07, 6.45) is 0. The van der Waals surface area contributed by atoms with E-state index in [2.05, 4.69) is 20.7 Å². The number of sulfonamides is 1. The van der Waals surface area contributed by atoms with E-state index in [4.69, 9.17) is 17.3 Å². The molecule has 0 aliphatic carbocycles. The van der Waals surface area contributed by atoms with Gasteiger partial charge in [-0.15, -0.1) is 11.3 Å². The summed E-state index contributed by atoms with van der Waals surface area (Å²) < 4.78 is 28.1. The molecule has 2 rings (SSSR count). The molecule has 0 saturated heterocycles. The number of benzene rings is 1. The van der Waals surface area contributed by atoms with Gasteiger partial charge in [-0.25, -0.2) is 8.42 Å². The molecule has 0 unspecified atom stereocenters. The van der Waals surface area contributed by atoms with Gasteiger partial charge in [0.1, 0.15) is 4.21 Å². The fourth-order valence-electron chi connectivity index (χ4n) is 1.37. The van der Waals surface area contributed by atoms with Crippen molar-refractivity contribution < 1.29 is 8.42 Å². The van der Waals surface area contributed by atoms with Crippen LogP contribution in [0, 0.1) is 6.92 Å². The summed E-state index contributed by atoms with van der Waals surface area (Å²) in [5.74, 6) is 0. The molecule has 8 heteroatoms. The van der Waals surface area contributed by atoms with Gasteiger partial charge in [0, 0.05) is 10.2 Å². The van der Waals surface area contributed by atoms with Crippen LogP contribution in [0.3, 0.4) is 0 Å². The van der Waals surface area contributed by atoms with E-state index in [1.165, 1.54) is 0 Å². The summed E-state index contributed by atoms with van der Waals surface area (Å²) in [6.45, 7) is 1.76. The quantitative estimate of drug-likeness (QED) is 0.793. The van der Waals surface area contributed by atoms with Gasteiger partial charge in [-0.3, -0.25) is 4.72 Å². The molecule has 0 amide bonds. The predicted octanol–water partition coefficient (Wildman–Crippen LogP) is 3.86. The number of nitrogens with two attached hydrogens (primary N) is 1. The number of halogens is 2. The number of hydrogen-bond donors (Lipinski definition) is 2. The van der Waals surface area contributed by atoms with E-state index in [9.17, 15) is 8.42 Å². The van der Waals surface area contributed by atoms with Crippen LogP contribution in [0.25, 0.3) is 0 Å². The monoisotopic (exact) mass is 380 g/mol. The summed E-state index contributed by atoms with van der Waals surface area (Å²) in [4.78, 5) is 0. The number of anilines is 2. The molecule has 0 aliphatic rings. The standard InChI is InChI=1S/C11H10BrClN2O2S2/c1-6-4-10(18-11(6)13)19(16,17)15-9-3-2-7(14)5-8(9)12/h2-5,15H,14H2,1H3. The Morgan fingerprint density at radius 3 is 2.58 bits per heavy atom. The van der Waals surface area contributed by atoms with Crippen LogP contribution < -0.4 is 10.5 Å². The second kappa shape index (κ2) is 5.32. The Morgan fingerprint density at radius 2 is 2.05 bits per heavy atom. The van der Waals surface area contributed by atoms with E-state index in [1.807, 2.05) is 0 Å². The summed E-state index contributed by atoms with van der Waals surface area (Å²) in [5, 5.41) is 0. The lowest BCUT2D eigenvalue weighted by molar-refractivity contribution is 0.603. The zero-order valence-electron chi connectivity index (χ0n) is 9.78. The minimum atomic E-state index is -3.64. The molecular formula is C11H10BrClN2O2S2. The smallest absolute Gasteiger partial charge is 0.271 e. The third kappa shape index (κ3) is 3.22. The highest BCUT2D eigenvalue weighted by atomic mass is 79.9. The Balaban J connectivity index is 2.36. The van der Waals surface area contributed by atoms with Crippen molar-refractivity contribution in [2.75, 3.05) is 10.5 Å². The summed E-state index contributed by atoms with van der Waals surface area (Å²) in [6, 6.07) is 6.39. The van der Waals surface area contributed by atoms with Crippen molar-refractivity contribution in [1.29, 1.82) is 0 Å². The van der Waals surface area contributed by atoms with Gasteiger partial charge in [-0.1, -0.05) is 11.6 Å². The predicted molar refractivity (Wildman–Crippen MR) is 83.4 cm³/mol. The molecule has 0 fully saturated rings. The van der Waals surface area contributed by atoms with Crippen LogP contribution in [0.5, 0.6) is 0 Å². The van der Waals surface area contributed by atoms with Crippen LogP contribution in [-0.4, -0.2) is 8.42 Å². The van der Waals surface area contributed by atoms with Crippen LogP contribution in [0.1, 0.15) is 5.56 Å². The van der Waals surface area contributed by atoms with Crippen LogP contribution in [0.2, 0.25) is 4.34 Å². The Morgan fingerprint density at radius 1 is 1.37 bits per heavy atom. The fraction of sp³-hybridized carbons (Fsp3) is 0.0909. The average Bonchev–Trinajstić information content (AvgIpc) is 2.64. The molecule has 4 nitrogen and oxygen atoms in total. The van der Waals surface area contributed by atoms with E-state index in [1.54, 1.807) is 31.2 Å². The third-order valence-corrected chi connectivity index (χ3v) is 6.39. The van der Waals surface area contributed by atoms with Gasteiger partial charge in [0.2, 0.25) is 0 Å². The molecule has 0 aliphatic heterocycles. The number of thiophene rings is 1. The van der Waals surface area contributed by atoms with Crippen LogP contribution in [-0.2, 0) is 10.0 Å². The van der Waals surface area contributed by atoms with E-state index >= 15 is 0 Å². The van der Waals surface area contributed by atoms with Gasteiger partial charge in [-0.05, 0) is 52.7 Å². The second-order valence-electron chi connectivity index (χ2n) is 3.87. The first-order valence-corrected chi connectivity index (χ1v) is 8.60. The number of aryl methyl sites for hydroxylation is 1. The Bertz CT molecular complexity index is 709. The molecule has 2 aromatic rings. The summed E-state index contributed by atoms with van der Waals surface area (Å²) >= 11 is 10.2. The lowest BCUT2D eigenvalue weighted by atomic mass is 10.3. The molecular weight excluding hydrogens is 372 g/mol. The van der Waals surface area contributed by atoms with Gasteiger partial charge in [-0.2, -0.15) is 0 Å². The molecule has 1 aromatic heterocycles.